The molecule has 0 spiro atoms. The maximum Gasteiger partial charge on any atom is 0.249 e. The fraction of sp³-hybridized carbons (Fsp3) is 0.238. The summed E-state index contributed by atoms with van der Waals surface area (Å²) in [7, 11) is 0. The number of rotatable bonds is 7. The summed E-state index contributed by atoms with van der Waals surface area (Å²) in [4.78, 5) is 12.9. The van der Waals surface area contributed by atoms with Gasteiger partial charge in [-0.25, -0.2) is 0 Å². The zero-order chi connectivity index (χ0) is 18.4. The molecule has 0 aliphatic carbocycles. The number of ether oxygens (including phenoxy) is 1. The maximum atomic E-state index is 12.9. The molecule has 0 fully saturated rings. The number of hydrogen-bond donors (Lipinski definition) is 1. The fourth-order valence-corrected chi connectivity index (χ4v) is 2.78. The largest absolute Gasteiger partial charge is 0.491 e. The summed E-state index contributed by atoms with van der Waals surface area (Å²) in [5.41, 5.74) is 1.88. The highest BCUT2D eigenvalue weighted by Gasteiger charge is 2.22. The monoisotopic (exact) mass is 349 g/mol. The van der Waals surface area contributed by atoms with Crippen LogP contribution in [0.15, 0.2) is 73.1 Å². The molecule has 0 unspecified atom stereocenters. The third-order valence-electron chi connectivity index (χ3n) is 3.89. The van der Waals surface area contributed by atoms with Gasteiger partial charge in [-0.1, -0.05) is 42.5 Å². The topological polar surface area (TPSA) is 56.1 Å². The van der Waals surface area contributed by atoms with Gasteiger partial charge in [0.2, 0.25) is 5.91 Å². The predicted molar refractivity (Wildman–Crippen MR) is 101 cm³/mol. The van der Waals surface area contributed by atoms with E-state index in [0.717, 1.165) is 16.9 Å². The molecule has 1 aromatic heterocycles. The molecule has 0 aliphatic heterocycles. The summed E-state index contributed by atoms with van der Waals surface area (Å²) in [6.07, 6.45) is 3.59. The smallest absolute Gasteiger partial charge is 0.249 e. The minimum Gasteiger partial charge on any atom is -0.491 e. The predicted octanol–water partition coefficient (Wildman–Crippen LogP) is 3.58. The van der Waals surface area contributed by atoms with Crippen LogP contribution in [0.5, 0.6) is 5.75 Å². The van der Waals surface area contributed by atoms with Crippen LogP contribution < -0.4 is 10.1 Å². The molecule has 0 radical (unpaired) electrons. The molecule has 3 rings (SSSR count). The zero-order valence-corrected chi connectivity index (χ0v) is 15.0. The number of nitrogens with one attached hydrogen (secondary N) is 1. The van der Waals surface area contributed by atoms with Crippen LogP contribution in [0.25, 0.3) is 0 Å². The molecule has 0 bridgehead atoms. The summed E-state index contributed by atoms with van der Waals surface area (Å²) in [5, 5.41) is 7.26. The first kappa shape index (κ1) is 17.7. The van der Waals surface area contributed by atoms with Crippen molar-refractivity contribution >= 4 is 5.91 Å². The standard InChI is InChI=1S/C21H23N3O2/c1-16(2)26-19-11-6-8-17(14-19)15-22-21(25)20(24-13-7-12-23-24)18-9-4-3-5-10-18/h3-14,16,20H,15H2,1-2H3,(H,22,25)/t20-/m0/s1. The molecular weight excluding hydrogens is 326 g/mol. The molecule has 1 heterocycles. The van der Waals surface area contributed by atoms with Crippen LogP contribution in [0.3, 0.4) is 0 Å². The first-order chi connectivity index (χ1) is 12.6. The Kier molecular flexibility index (Phi) is 5.69. The molecule has 0 saturated carbocycles. The van der Waals surface area contributed by atoms with Crippen molar-refractivity contribution in [2.45, 2.75) is 32.5 Å². The summed E-state index contributed by atoms with van der Waals surface area (Å²) >= 11 is 0. The fourth-order valence-electron chi connectivity index (χ4n) is 2.78. The van der Waals surface area contributed by atoms with E-state index in [1.807, 2.05) is 74.5 Å². The van der Waals surface area contributed by atoms with Gasteiger partial charge in [-0.2, -0.15) is 5.10 Å². The molecule has 2 aromatic carbocycles. The summed E-state index contributed by atoms with van der Waals surface area (Å²) < 4.78 is 7.38. The number of amides is 1. The quantitative estimate of drug-likeness (QED) is 0.709. The summed E-state index contributed by atoms with van der Waals surface area (Å²) in [5.74, 6) is 0.702. The Balaban J connectivity index is 1.73. The van der Waals surface area contributed by atoms with Crippen molar-refractivity contribution in [3.05, 3.63) is 84.2 Å². The van der Waals surface area contributed by atoms with Crippen LogP contribution in [0, 0.1) is 0 Å². The number of aromatic nitrogens is 2. The van der Waals surface area contributed by atoms with Crippen LogP contribution in [0.4, 0.5) is 0 Å². The van der Waals surface area contributed by atoms with Gasteiger partial charge in [0.25, 0.3) is 0 Å². The van der Waals surface area contributed by atoms with Crippen molar-refractivity contribution in [2.75, 3.05) is 0 Å². The number of nitrogens with zero attached hydrogens (tertiary/aromatic N) is 2. The lowest BCUT2D eigenvalue weighted by molar-refractivity contribution is -0.123. The molecule has 1 amide bonds. The second-order valence-corrected chi connectivity index (χ2v) is 6.33. The number of carbonyl (C=O) groups excluding carboxylic acids is 1. The van der Waals surface area contributed by atoms with E-state index in [9.17, 15) is 4.79 Å². The molecule has 3 aromatic rings. The van der Waals surface area contributed by atoms with E-state index >= 15 is 0 Å². The molecule has 5 nitrogen and oxygen atoms in total. The molecule has 134 valence electrons. The van der Waals surface area contributed by atoms with Gasteiger partial charge in [-0.05, 0) is 43.2 Å². The highest BCUT2D eigenvalue weighted by molar-refractivity contribution is 5.83. The Labute approximate surface area is 153 Å². The Morgan fingerprint density at radius 1 is 1.12 bits per heavy atom. The number of hydrogen-bond acceptors (Lipinski definition) is 3. The van der Waals surface area contributed by atoms with Crippen molar-refractivity contribution < 1.29 is 9.53 Å². The molecule has 1 atom stereocenters. The number of benzene rings is 2. The van der Waals surface area contributed by atoms with E-state index < -0.39 is 6.04 Å². The molecule has 0 saturated heterocycles. The zero-order valence-electron chi connectivity index (χ0n) is 15.0. The maximum absolute atomic E-state index is 12.9. The SMILES string of the molecule is CC(C)Oc1cccc(CNC(=O)[C@H](c2ccccc2)n2cccn2)c1. The Hall–Kier alpha value is -3.08. The highest BCUT2D eigenvalue weighted by Crippen LogP contribution is 2.19. The minimum absolute atomic E-state index is 0.102. The molecule has 26 heavy (non-hydrogen) atoms. The average molecular weight is 349 g/mol. The van der Waals surface area contributed by atoms with E-state index in [2.05, 4.69) is 10.4 Å². The van der Waals surface area contributed by atoms with Gasteiger partial charge >= 0.3 is 0 Å². The third-order valence-corrected chi connectivity index (χ3v) is 3.89. The Morgan fingerprint density at radius 3 is 2.62 bits per heavy atom. The number of carbonyl (C=O) groups is 1. The van der Waals surface area contributed by atoms with Gasteiger partial charge in [-0.15, -0.1) is 0 Å². The van der Waals surface area contributed by atoms with E-state index in [-0.39, 0.29) is 12.0 Å². The van der Waals surface area contributed by atoms with Crippen molar-refractivity contribution in [2.24, 2.45) is 0 Å². The van der Waals surface area contributed by atoms with E-state index in [1.165, 1.54) is 0 Å². The molecule has 0 aliphatic rings. The van der Waals surface area contributed by atoms with Crippen molar-refractivity contribution in [1.82, 2.24) is 15.1 Å². The lowest BCUT2D eigenvalue weighted by Gasteiger charge is -2.18. The summed E-state index contributed by atoms with van der Waals surface area (Å²) in [6.45, 7) is 4.41. The molecule has 1 N–H and O–H groups in total. The Morgan fingerprint density at radius 2 is 1.92 bits per heavy atom. The van der Waals surface area contributed by atoms with Crippen LogP contribution in [-0.4, -0.2) is 21.8 Å². The highest BCUT2D eigenvalue weighted by atomic mass is 16.5. The lowest BCUT2D eigenvalue weighted by atomic mass is 10.1. The van der Waals surface area contributed by atoms with Gasteiger partial charge in [0.15, 0.2) is 6.04 Å². The van der Waals surface area contributed by atoms with E-state index in [4.69, 9.17) is 4.74 Å². The van der Waals surface area contributed by atoms with Crippen molar-refractivity contribution in [3.8, 4) is 5.75 Å². The van der Waals surface area contributed by atoms with Gasteiger partial charge in [0, 0.05) is 18.9 Å². The van der Waals surface area contributed by atoms with Gasteiger partial charge in [0.05, 0.1) is 6.10 Å². The van der Waals surface area contributed by atoms with Crippen LogP contribution in [0.1, 0.15) is 31.0 Å². The van der Waals surface area contributed by atoms with Crippen LogP contribution in [-0.2, 0) is 11.3 Å². The third kappa shape index (κ3) is 4.51. The van der Waals surface area contributed by atoms with Gasteiger partial charge in [0.1, 0.15) is 5.75 Å². The van der Waals surface area contributed by atoms with Crippen LogP contribution in [0.2, 0.25) is 0 Å². The normalized spacial score (nSPS) is 12.0. The first-order valence-electron chi connectivity index (χ1n) is 8.71. The summed E-state index contributed by atoms with van der Waals surface area (Å²) in [6, 6.07) is 18.7. The molecular formula is C21H23N3O2. The van der Waals surface area contributed by atoms with E-state index in [1.54, 1.807) is 17.1 Å². The van der Waals surface area contributed by atoms with Crippen LogP contribution >= 0.6 is 0 Å². The first-order valence-corrected chi connectivity index (χ1v) is 8.71. The minimum atomic E-state index is -0.499. The second kappa shape index (κ2) is 8.34. The average Bonchev–Trinajstić information content (AvgIpc) is 3.15. The molecule has 5 heteroatoms. The second-order valence-electron chi connectivity index (χ2n) is 6.33. The Bertz CT molecular complexity index is 829. The van der Waals surface area contributed by atoms with Crippen molar-refractivity contribution in [3.63, 3.8) is 0 Å². The van der Waals surface area contributed by atoms with Crippen molar-refractivity contribution in [1.29, 1.82) is 0 Å². The lowest BCUT2D eigenvalue weighted by Crippen LogP contribution is -2.33. The van der Waals surface area contributed by atoms with E-state index in [0.29, 0.717) is 6.54 Å². The van der Waals surface area contributed by atoms with Gasteiger partial charge in [-0.3, -0.25) is 9.48 Å². The van der Waals surface area contributed by atoms with Gasteiger partial charge < -0.3 is 10.1 Å².